The highest BCUT2D eigenvalue weighted by Crippen LogP contribution is 2.18. The highest BCUT2D eigenvalue weighted by Gasteiger charge is 2.19. The smallest absolute Gasteiger partial charge is 0.238 e. The molecule has 132 valence electrons. The lowest BCUT2D eigenvalue weighted by Crippen LogP contribution is -2.48. The molecule has 3 rings (SSSR count). The number of aryl methyl sites for hydroxylation is 1. The first-order chi connectivity index (χ1) is 12.0. The second-order valence-electron chi connectivity index (χ2n) is 6.28. The molecule has 2 aromatic rings. The molecule has 6 heteroatoms. The van der Waals surface area contributed by atoms with Crippen molar-refractivity contribution in [1.82, 2.24) is 4.90 Å². The van der Waals surface area contributed by atoms with E-state index in [1.165, 1.54) is 17.3 Å². The monoisotopic (exact) mass is 345 g/mol. The molecule has 0 spiro atoms. The lowest BCUT2D eigenvalue weighted by atomic mass is 10.2. The Morgan fingerprint density at radius 3 is 2.48 bits per heavy atom. The molecule has 4 nitrogen and oxygen atoms in total. The van der Waals surface area contributed by atoms with E-state index < -0.39 is 11.6 Å². The number of carbonyl (C=O) groups is 1. The van der Waals surface area contributed by atoms with Gasteiger partial charge in [-0.15, -0.1) is 0 Å². The third-order valence-electron chi connectivity index (χ3n) is 4.31. The van der Waals surface area contributed by atoms with E-state index in [9.17, 15) is 13.6 Å². The van der Waals surface area contributed by atoms with Crippen molar-refractivity contribution in [2.45, 2.75) is 6.92 Å². The van der Waals surface area contributed by atoms with Gasteiger partial charge in [0.2, 0.25) is 5.91 Å². The second-order valence-corrected chi connectivity index (χ2v) is 6.28. The van der Waals surface area contributed by atoms with E-state index in [1.807, 2.05) is 6.07 Å². The minimum Gasteiger partial charge on any atom is -0.369 e. The molecule has 0 atom stereocenters. The Morgan fingerprint density at radius 1 is 1.04 bits per heavy atom. The Bertz CT molecular complexity index is 758. The third kappa shape index (κ3) is 4.54. The van der Waals surface area contributed by atoms with E-state index in [0.717, 1.165) is 38.3 Å². The molecule has 1 saturated heterocycles. The summed E-state index contributed by atoms with van der Waals surface area (Å²) in [6.45, 7) is 5.56. The van der Waals surface area contributed by atoms with Gasteiger partial charge in [-0.1, -0.05) is 12.1 Å². The molecular formula is C19H21F2N3O. The molecule has 0 aromatic heterocycles. The highest BCUT2D eigenvalue weighted by atomic mass is 19.2. The van der Waals surface area contributed by atoms with Gasteiger partial charge in [0.15, 0.2) is 11.6 Å². The molecule has 1 fully saturated rings. The third-order valence-corrected chi connectivity index (χ3v) is 4.31. The predicted molar refractivity (Wildman–Crippen MR) is 94.8 cm³/mol. The van der Waals surface area contributed by atoms with Gasteiger partial charge in [0.25, 0.3) is 0 Å². The van der Waals surface area contributed by atoms with Crippen molar-refractivity contribution in [1.29, 1.82) is 0 Å². The number of amides is 1. The summed E-state index contributed by atoms with van der Waals surface area (Å²) >= 11 is 0. The van der Waals surface area contributed by atoms with Crippen LogP contribution in [-0.4, -0.2) is 43.5 Å². The zero-order valence-electron chi connectivity index (χ0n) is 14.1. The fourth-order valence-electron chi connectivity index (χ4n) is 2.97. The number of hydrogen-bond donors (Lipinski definition) is 1. The number of carbonyl (C=O) groups excluding carboxylic acids is 1. The molecule has 0 saturated carbocycles. The van der Waals surface area contributed by atoms with Crippen LogP contribution in [0.4, 0.5) is 20.2 Å². The summed E-state index contributed by atoms with van der Waals surface area (Å²) in [6, 6.07) is 11.7. The molecule has 0 bridgehead atoms. The predicted octanol–water partition coefficient (Wildman–Crippen LogP) is 3.03. The molecule has 0 radical (unpaired) electrons. The van der Waals surface area contributed by atoms with Crippen LogP contribution in [0, 0.1) is 18.6 Å². The molecular weight excluding hydrogens is 324 g/mol. The van der Waals surface area contributed by atoms with Gasteiger partial charge in [-0.25, -0.2) is 8.78 Å². The van der Waals surface area contributed by atoms with E-state index in [1.54, 1.807) is 0 Å². The van der Waals surface area contributed by atoms with Crippen molar-refractivity contribution in [2.75, 3.05) is 42.9 Å². The summed E-state index contributed by atoms with van der Waals surface area (Å²) in [5.74, 6) is -2.12. The molecule has 0 unspecified atom stereocenters. The van der Waals surface area contributed by atoms with Crippen molar-refractivity contribution in [3.05, 3.63) is 59.7 Å². The van der Waals surface area contributed by atoms with Gasteiger partial charge in [0, 0.05) is 43.6 Å². The minimum atomic E-state index is -0.968. The van der Waals surface area contributed by atoms with E-state index in [4.69, 9.17) is 0 Å². The van der Waals surface area contributed by atoms with E-state index in [0.29, 0.717) is 0 Å². The van der Waals surface area contributed by atoms with Crippen LogP contribution in [0.25, 0.3) is 0 Å². The second kappa shape index (κ2) is 7.61. The largest absolute Gasteiger partial charge is 0.369 e. The summed E-state index contributed by atoms with van der Waals surface area (Å²) in [4.78, 5) is 16.4. The average molecular weight is 345 g/mol. The number of benzene rings is 2. The first-order valence-corrected chi connectivity index (χ1v) is 8.30. The van der Waals surface area contributed by atoms with Crippen LogP contribution in [-0.2, 0) is 4.79 Å². The van der Waals surface area contributed by atoms with Crippen LogP contribution in [0.2, 0.25) is 0 Å². The summed E-state index contributed by atoms with van der Waals surface area (Å²) in [6.07, 6.45) is 0. The van der Waals surface area contributed by atoms with Gasteiger partial charge in [0.05, 0.1) is 6.54 Å². The number of rotatable bonds is 4. The van der Waals surface area contributed by atoms with Crippen molar-refractivity contribution in [2.24, 2.45) is 0 Å². The number of hydrogen-bond acceptors (Lipinski definition) is 3. The SMILES string of the molecule is Cc1cccc(N2CCN(CC(=O)Nc3ccc(F)c(F)c3)CC2)c1. The van der Waals surface area contributed by atoms with Crippen LogP contribution in [0.15, 0.2) is 42.5 Å². The van der Waals surface area contributed by atoms with Gasteiger partial charge in [-0.05, 0) is 36.8 Å². The minimum absolute atomic E-state index is 0.227. The van der Waals surface area contributed by atoms with Crippen molar-refractivity contribution in [3.8, 4) is 0 Å². The van der Waals surface area contributed by atoms with Crippen molar-refractivity contribution in [3.63, 3.8) is 0 Å². The Kier molecular flexibility index (Phi) is 5.28. The van der Waals surface area contributed by atoms with E-state index >= 15 is 0 Å². The van der Waals surface area contributed by atoms with Gasteiger partial charge >= 0.3 is 0 Å². The standard InChI is InChI=1S/C19H21F2N3O/c1-14-3-2-4-16(11-14)24-9-7-23(8-10-24)13-19(25)22-15-5-6-17(20)18(21)12-15/h2-6,11-12H,7-10,13H2,1H3,(H,22,25). The van der Waals surface area contributed by atoms with E-state index in [2.05, 4.69) is 40.2 Å². The zero-order valence-corrected chi connectivity index (χ0v) is 14.1. The molecule has 1 heterocycles. The van der Waals surface area contributed by atoms with Crippen molar-refractivity contribution < 1.29 is 13.6 Å². The summed E-state index contributed by atoms with van der Waals surface area (Å²) < 4.78 is 26.1. The number of halogens is 2. The first-order valence-electron chi connectivity index (χ1n) is 8.30. The van der Waals surface area contributed by atoms with E-state index in [-0.39, 0.29) is 18.1 Å². The van der Waals surface area contributed by atoms with Crippen LogP contribution < -0.4 is 10.2 Å². The van der Waals surface area contributed by atoms with Gasteiger partial charge < -0.3 is 10.2 Å². The summed E-state index contributed by atoms with van der Waals surface area (Å²) in [5, 5.41) is 2.61. The summed E-state index contributed by atoms with van der Waals surface area (Å²) in [5.41, 5.74) is 2.69. The molecule has 0 aliphatic carbocycles. The van der Waals surface area contributed by atoms with Gasteiger partial charge in [0.1, 0.15) is 0 Å². The number of nitrogens with zero attached hydrogens (tertiary/aromatic N) is 2. The Labute approximate surface area is 146 Å². The number of anilines is 2. The highest BCUT2D eigenvalue weighted by molar-refractivity contribution is 5.92. The van der Waals surface area contributed by atoms with Crippen LogP contribution in [0.1, 0.15) is 5.56 Å². The summed E-state index contributed by atoms with van der Waals surface area (Å²) in [7, 11) is 0. The molecule has 25 heavy (non-hydrogen) atoms. The maximum atomic E-state index is 13.2. The molecule has 1 aliphatic rings. The molecule has 1 aliphatic heterocycles. The zero-order chi connectivity index (χ0) is 17.8. The average Bonchev–Trinajstić information content (AvgIpc) is 2.59. The van der Waals surface area contributed by atoms with Crippen LogP contribution in [0.5, 0.6) is 0 Å². The first kappa shape index (κ1) is 17.4. The molecule has 1 N–H and O–H groups in total. The number of piperazine rings is 1. The maximum absolute atomic E-state index is 13.2. The molecule has 1 amide bonds. The Hall–Kier alpha value is -2.47. The van der Waals surface area contributed by atoms with Gasteiger partial charge in [-0.3, -0.25) is 9.69 Å². The molecule has 2 aromatic carbocycles. The normalized spacial score (nSPS) is 15.2. The fraction of sp³-hybridized carbons (Fsp3) is 0.316. The Morgan fingerprint density at radius 2 is 1.80 bits per heavy atom. The lowest BCUT2D eigenvalue weighted by Gasteiger charge is -2.35. The fourth-order valence-corrected chi connectivity index (χ4v) is 2.97. The topological polar surface area (TPSA) is 35.6 Å². The van der Waals surface area contributed by atoms with Gasteiger partial charge in [-0.2, -0.15) is 0 Å². The maximum Gasteiger partial charge on any atom is 0.238 e. The Balaban J connectivity index is 1.50. The van der Waals surface area contributed by atoms with Crippen molar-refractivity contribution >= 4 is 17.3 Å². The quantitative estimate of drug-likeness (QED) is 0.925. The van der Waals surface area contributed by atoms with Crippen LogP contribution in [0.3, 0.4) is 0 Å². The van der Waals surface area contributed by atoms with Crippen LogP contribution >= 0.6 is 0 Å². The lowest BCUT2D eigenvalue weighted by molar-refractivity contribution is -0.117. The number of nitrogens with one attached hydrogen (secondary N) is 1.